The van der Waals surface area contributed by atoms with Gasteiger partial charge < -0.3 is 15.2 Å². The van der Waals surface area contributed by atoms with Gasteiger partial charge in [0.25, 0.3) is 5.91 Å². The van der Waals surface area contributed by atoms with Crippen LogP contribution in [0.15, 0.2) is 83.9 Å². The van der Waals surface area contributed by atoms with Crippen LogP contribution in [0, 0.1) is 6.92 Å². The van der Waals surface area contributed by atoms with Crippen LogP contribution in [0.2, 0.25) is 0 Å². The monoisotopic (exact) mass is 438 g/mol. The van der Waals surface area contributed by atoms with Gasteiger partial charge in [0.05, 0.1) is 0 Å². The fraction of sp³-hybridized carbons (Fsp3) is 0.0435. The van der Waals surface area contributed by atoms with Crippen molar-refractivity contribution in [3.8, 4) is 17.1 Å². The molecule has 0 saturated carbocycles. The lowest BCUT2D eigenvalue weighted by molar-refractivity contribution is 0.101. The fourth-order valence-electron chi connectivity index (χ4n) is 3.14. The maximum Gasteiger partial charge on any atom is 0.277 e. The largest absolute Gasteiger partial charge is 0.355 e. The summed E-state index contributed by atoms with van der Waals surface area (Å²) in [6.45, 7) is 1.82. The topological polar surface area (TPSA) is 124 Å². The maximum absolute atomic E-state index is 12.5. The van der Waals surface area contributed by atoms with Gasteiger partial charge in [-0.05, 0) is 49.4 Å². The van der Waals surface area contributed by atoms with E-state index in [2.05, 4.69) is 35.8 Å². The quantitative estimate of drug-likeness (QED) is 0.407. The van der Waals surface area contributed by atoms with Gasteiger partial charge in [0.1, 0.15) is 11.6 Å². The minimum atomic E-state index is -0.370. The molecule has 1 aromatic carbocycles. The Morgan fingerprint density at radius 2 is 1.85 bits per heavy atom. The lowest BCUT2D eigenvalue weighted by atomic mass is 10.2. The van der Waals surface area contributed by atoms with Crippen molar-refractivity contribution >= 4 is 23.1 Å². The number of carbonyl (C=O) groups is 1. The second kappa shape index (κ2) is 8.71. The number of benzene rings is 1. The Hall–Kier alpha value is -4.86. The highest BCUT2D eigenvalue weighted by Crippen LogP contribution is 2.21. The molecule has 0 aliphatic heterocycles. The van der Waals surface area contributed by atoms with E-state index in [1.165, 1.54) is 0 Å². The molecule has 0 aliphatic carbocycles. The van der Waals surface area contributed by atoms with Gasteiger partial charge in [-0.25, -0.2) is 14.6 Å². The Morgan fingerprint density at radius 1 is 1.00 bits per heavy atom. The van der Waals surface area contributed by atoms with E-state index < -0.39 is 0 Å². The molecule has 0 spiro atoms. The van der Waals surface area contributed by atoms with Crippen LogP contribution in [0.1, 0.15) is 16.3 Å². The molecule has 0 aliphatic rings. The molecule has 0 radical (unpaired) electrons. The Labute approximate surface area is 188 Å². The number of amides is 1. The standard InChI is InChI=1S/C23H18N8O2/c1-15-26-21(13-22(27-15)31-11-3-10-25-31)28-17-5-7-18(8-6-17)29-23(32)19-12-20(33-30-19)16-4-2-9-24-14-16/h2-14H,1H3,(H,29,32)(H,26,27,28). The summed E-state index contributed by atoms with van der Waals surface area (Å²) in [6.07, 6.45) is 6.81. The number of hydrogen-bond donors (Lipinski definition) is 2. The number of carbonyl (C=O) groups excluding carboxylic acids is 1. The molecule has 1 amide bonds. The van der Waals surface area contributed by atoms with E-state index in [0.29, 0.717) is 28.9 Å². The maximum atomic E-state index is 12.5. The van der Waals surface area contributed by atoms with Crippen molar-refractivity contribution in [2.45, 2.75) is 6.92 Å². The Balaban J connectivity index is 1.26. The van der Waals surface area contributed by atoms with E-state index in [9.17, 15) is 4.79 Å². The molecular weight excluding hydrogens is 420 g/mol. The highest BCUT2D eigenvalue weighted by Gasteiger charge is 2.14. The zero-order valence-corrected chi connectivity index (χ0v) is 17.5. The van der Waals surface area contributed by atoms with Crippen LogP contribution in [0.5, 0.6) is 0 Å². The molecule has 0 bridgehead atoms. The van der Waals surface area contributed by atoms with Gasteiger partial charge >= 0.3 is 0 Å². The molecule has 10 nitrogen and oxygen atoms in total. The summed E-state index contributed by atoms with van der Waals surface area (Å²) >= 11 is 0. The summed E-state index contributed by atoms with van der Waals surface area (Å²) in [5.74, 6) is 2.02. The smallest absolute Gasteiger partial charge is 0.277 e. The molecule has 10 heteroatoms. The van der Waals surface area contributed by atoms with Gasteiger partial charge in [-0.3, -0.25) is 9.78 Å². The summed E-state index contributed by atoms with van der Waals surface area (Å²) in [6, 6.07) is 16.1. The summed E-state index contributed by atoms with van der Waals surface area (Å²) in [5.41, 5.74) is 2.35. The molecule has 4 aromatic heterocycles. The Morgan fingerprint density at radius 3 is 2.61 bits per heavy atom. The molecular formula is C23H18N8O2. The summed E-state index contributed by atoms with van der Waals surface area (Å²) < 4.78 is 6.93. The van der Waals surface area contributed by atoms with Crippen molar-refractivity contribution < 1.29 is 9.32 Å². The first-order valence-electron chi connectivity index (χ1n) is 10.1. The van der Waals surface area contributed by atoms with Gasteiger partial charge in [-0.1, -0.05) is 5.16 Å². The van der Waals surface area contributed by atoms with Crippen molar-refractivity contribution in [3.63, 3.8) is 0 Å². The SMILES string of the molecule is Cc1nc(Nc2ccc(NC(=O)c3cc(-c4cccnc4)on3)cc2)cc(-n2cccn2)n1. The molecule has 0 saturated heterocycles. The van der Waals surface area contributed by atoms with Gasteiger partial charge in [0.2, 0.25) is 0 Å². The third-order valence-electron chi connectivity index (χ3n) is 4.67. The number of aromatic nitrogens is 6. The van der Waals surface area contributed by atoms with E-state index in [0.717, 1.165) is 11.3 Å². The summed E-state index contributed by atoms with van der Waals surface area (Å²) in [5, 5.41) is 14.1. The molecule has 5 aromatic rings. The van der Waals surface area contributed by atoms with Gasteiger partial charge in [0.15, 0.2) is 17.3 Å². The molecule has 2 N–H and O–H groups in total. The normalized spacial score (nSPS) is 10.7. The van der Waals surface area contributed by atoms with Crippen LogP contribution in [0.4, 0.5) is 17.2 Å². The van der Waals surface area contributed by atoms with Crippen LogP contribution in [-0.2, 0) is 0 Å². The van der Waals surface area contributed by atoms with Crippen molar-refractivity contribution in [2.75, 3.05) is 10.6 Å². The van der Waals surface area contributed by atoms with E-state index in [4.69, 9.17) is 4.52 Å². The Bertz CT molecular complexity index is 1380. The second-order valence-electron chi connectivity index (χ2n) is 7.08. The van der Waals surface area contributed by atoms with Crippen molar-refractivity contribution in [2.24, 2.45) is 0 Å². The number of rotatable bonds is 6. The van der Waals surface area contributed by atoms with Crippen LogP contribution >= 0.6 is 0 Å². The van der Waals surface area contributed by atoms with E-state index in [1.54, 1.807) is 53.6 Å². The molecule has 162 valence electrons. The molecule has 0 unspecified atom stereocenters. The van der Waals surface area contributed by atoms with E-state index in [1.807, 2.05) is 37.4 Å². The number of nitrogens with zero attached hydrogens (tertiary/aromatic N) is 6. The lowest BCUT2D eigenvalue weighted by Gasteiger charge is -2.10. The molecule has 0 atom stereocenters. The first-order chi connectivity index (χ1) is 16.1. The predicted octanol–water partition coefficient (Wildman–Crippen LogP) is 4.02. The Kier molecular flexibility index (Phi) is 5.30. The van der Waals surface area contributed by atoms with Crippen LogP contribution in [0.3, 0.4) is 0 Å². The molecule has 33 heavy (non-hydrogen) atoms. The van der Waals surface area contributed by atoms with Gasteiger partial charge in [-0.2, -0.15) is 5.10 Å². The van der Waals surface area contributed by atoms with Gasteiger partial charge in [-0.15, -0.1) is 0 Å². The third-order valence-corrected chi connectivity index (χ3v) is 4.67. The van der Waals surface area contributed by atoms with E-state index >= 15 is 0 Å². The molecule has 4 heterocycles. The minimum Gasteiger partial charge on any atom is -0.355 e. The first-order valence-corrected chi connectivity index (χ1v) is 10.1. The van der Waals surface area contributed by atoms with Crippen molar-refractivity contribution in [1.82, 2.24) is 29.9 Å². The van der Waals surface area contributed by atoms with E-state index in [-0.39, 0.29) is 11.6 Å². The average molecular weight is 438 g/mol. The summed E-state index contributed by atoms with van der Waals surface area (Å²) in [7, 11) is 0. The predicted molar refractivity (Wildman–Crippen MR) is 121 cm³/mol. The fourth-order valence-corrected chi connectivity index (χ4v) is 3.14. The highest BCUT2D eigenvalue weighted by molar-refractivity contribution is 6.03. The van der Waals surface area contributed by atoms with Crippen molar-refractivity contribution in [3.05, 3.63) is 90.9 Å². The zero-order chi connectivity index (χ0) is 22.6. The third kappa shape index (κ3) is 4.59. The summed E-state index contributed by atoms with van der Waals surface area (Å²) in [4.78, 5) is 25.4. The number of anilines is 3. The van der Waals surface area contributed by atoms with Crippen LogP contribution < -0.4 is 10.6 Å². The minimum absolute atomic E-state index is 0.179. The lowest BCUT2D eigenvalue weighted by Crippen LogP contribution is -2.12. The second-order valence-corrected chi connectivity index (χ2v) is 7.08. The van der Waals surface area contributed by atoms with Crippen molar-refractivity contribution in [1.29, 1.82) is 0 Å². The highest BCUT2D eigenvalue weighted by atomic mass is 16.5. The van der Waals surface area contributed by atoms with Crippen LogP contribution in [0.25, 0.3) is 17.1 Å². The number of nitrogens with one attached hydrogen (secondary N) is 2. The van der Waals surface area contributed by atoms with Crippen LogP contribution in [-0.4, -0.2) is 35.8 Å². The first kappa shape index (κ1) is 20.1. The number of hydrogen-bond acceptors (Lipinski definition) is 8. The molecule has 0 fully saturated rings. The number of pyridine rings is 1. The zero-order valence-electron chi connectivity index (χ0n) is 17.5. The number of aryl methyl sites for hydroxylation is 1. The average Bonchev–Trinajstić information content (AvgIpc) is 3.53. The molecule has 5 rings (SSSR count). The van der Waals surface area contributed by atoms with Gasteiger partial charge in [0, 0.05) is 53.9 Å².